The molecule has 0 bridgehead atoms. The fourth-order valence-corrected chi connectivity index (χ4v) is 5.74. The molecule has 0 aliphatic carbocycles. The van der Waals surface area contributed by atoms with Crippen molar-refractivity contribution in [2.24, 2.45) is 0 Å². The quantitative estimate of drug-likeness (QED) is 0.735. The van der Waals surface area contributed by atoms with Crippen LogP contribution in [0.4, 0.5) is 0 Å². The van der Waals surface area contributed by atoms with Crippen LogP contribution in [0.5, 0.6) is 0 Å². The maximum atomic E-state index is 5.63. The Morgan fingerprint density at radius 1 is 0.750 bits per heavy atom. The van der Waals surface area contributed by atoms with Crippen molar-refractivity contribution in [3.63, 3.8) is 0 Å². The predicted molar refractivity (Wildman–Crippen MR) is 79.4 cm³/mol. The van der Waals surface area contributed by atoms with Crippen LogP contribution >= 0.6 is 12.4 Å². The van der Waals surface area contributed by atoms with E-state index < -0.39 is 18.0 Å². The second-order valence-electron chi connectivity index (χ2n) is 4.68. The number of hydrogen-bond donors (Lipinski definition) is 2. The van der Waals surface area contributed by atoms with Gasteiger partial charge in [0.25, 0.3) is 0 Å². The molecule has 1 aliphatic rings. The molecule has 8 heteroatoms. The van der Waals surface area contributed by atoms with Crippen molar-refractivity contribution in [1.82, 2.24) is 14.0 Å². The maximum absolute atomic E-state index is 5.63. The minimum atomic E-state index is -3.22. The molecule has 0 saturated carbocycles. The Kier molecular flexibility index (Phi) is 12.8. The van der Waals surface area contributed by atoms with E-state index in [2.05, 4.69) is 14.0 Å². The minimum absolute atomic E-state index is 0. The van der Waals surface area contributed by atoms with E-state index >= 15 is 0 Å². The van der Waals surface area contributed by atoms with Gasteiger partial charge >= 0.3 is 122 Å². The second kappa shape index (κ2) is 12.3. The van der Waals surface area contributed by atoms with Gasteiger partial charge in [-0.3, -0.25) is 0 Å². The van der Waals surface area contributed by atoms with Gasteiger partial charge in [0.05, 0.1) is 0 Å². The van der Waals surface area contributed by atoms with Crippen LogP contribution in [0.2, 0.25) is 0 Å². The summed E-state index contributed by atoms with van der Waals surface area (Å²) in [6, 6.07) is 0. The number of hydrogen-bond acceptors (Lipinski definition) is 6. The van der Waals surface area contributed by atoms with E-state index in [-0.39, 0.29) is 12.4 Å². The maximum Gasteiger partial charge on any atom is -0.147 e. The molecule has 1 saturated heterocycles. The van der Waals surface area contributed by atoms with E-state index in [1.54, 1.807) is 21.3 Å². The van der Waals surface area contributed by atoms with Crippen LogP contribution in [-0.4, -0.2) is 64.0 Å². The normalized spacial score (nSPS) is 20.6. The average Bonchev–Trinajstić information content (AvgIpc) is 2.43. The van der Waals surface area contributed by atoms with Gasteiger partial charge in [-0.25, -0.2) is 0 Å². The zero-order valence-electron chi connectivity index (χ0n) is 12.9. The standard InChI is InChI=1S/C9H20N3.3CH3O.ClH.Ti/c1-4-10-6-2-8-12-9-3-7-11-5-1;3*1-2;;/h10-11H,1-9H2;3*1H3;1H;/q4*-1;;+4. The van der Waals surface area contributed by atoms with Gasteiger partial charge in [0, 0.05) is 0 Å². The Balaban J connectivity index is 0.00000361. The van der Waals surface area contributed by atoms with E-state index in [9.17, 15) is 0 Å². The molecule has 20 heavy (non-hydrogen) atoms. The summed E-state index contributed by atoms with van der Waals surface area (Å²) in [7, 11) is 5.08. The molecular weight excluding hydrogens is 317 g/mol. The molecule has 1 aliphatic heterocycles. The molecule has 0 spiro atoms. The predicted octanol–water partition coefficient (Wildman–Crippen LogP) is 0.826. The molecule has 0 amide bonds. The number of halogens is 1. The summed E-state index contributed by atoms with van der Waals surface area (Å²) >= 11 is -3.22. The first kappa shape index (κ1) is 20.8. The summed E-state index contributed by atoms with van der Waals surface area (Å²) in [4.78, 5) is 0. The Hall–Kier alpha value is 0.764. The summed E-state index contributed by atoms with van der Waals surface area (Å²) in [5.74, 6) is 0. The molecular formula is C12H30ClN3O3Ti. The fourth-order valence-electron chi connectivity index (χ4n) is 2.40. The van der Waals surface area contributed by atoms with Crippen molar-refractivity contribution in [3.05, 3.63) is 0 Å². The monoisotopic (exact) mass is 347 g/mol. The van der Waals surface area contributed by atoms with E-state index in [4.69, 9.17) is 9.96 Å². The molecule has 0 aromatic rings. The first-order valence-electron chi connectivity index (χ1n) is 7.11. The smallest absolute Gasteiger partial charge is 0.147 e. The van der Waals surface area contributed by atoms with Crippen LogP contribution < -0.4 is 10.6 Å². The molecule has 1 heterocycles. The Morgan fingerprint density at radius 2 is 1.15 bits per heavy atom. The molecule has 122 valence electrons. The van der Waals surface area contributed by atoms with Gasteiger partial charge in [-0.2, -0.15) is 0 Å². The van der Waals surface area contributed by atoms with Gasteiger partial charge in [-0.1, -0.05) is 0 Å². The molecule has 6 nitrogen and oxygen atoms in total. The zero-order chi connectivity index (χ0) is 14.0. The van der Waals surface area contributed by atoms with Crippen LogP contribution in [0.15, 0.2) is 0 Å². The third-order valence-corrected chi connectivity index (χ3v) is 7.76. The Labute approximate surface area is 134 Å². The molecule has 2 N–H and O–H groups in total. The van der Waals surface area contributed by atoms with Gasteiger partial charge in [0.2, 0.25) is 0 Å². The Bertz CT molecular complexity index is 216. The van der Waals surface area contributed by atoms with Gasteiger partial charge < -0.3 is 0 Å². The molecule has 0 radical (unpaired) electrons. The molecule has 0 unspecified atom stereocenters. The number of nitrogens with one attached hydrogen (secondary N) is 2. The van der Waals surface area contributed by atoms with Crippen LogP contribution in [0, 0.1) is 0 Å². The molecule has 1 fully saturated rings. The van der Waals surface area contributed by atoms with Gasteiger partial charge in [-0.15, -0.1) is 12.4 Å². The minimum Gasteiger partial charge on any atom is -0.147 e. The average molecular weight is 348 g/mol. The summed E-state index contributed by atoms with van der Waals surface area (Å²) in [5, 5.41) is 6.92. The van der Waals surface area contributed by atoms with Crippen molar-refractivity contribution >= 4 is 12.4 Å². The molecule has 0 atom stereocenters. The van der Waals surface area contributed by atoms with Crippen molar-refractivity contribution < 1.29 is 28.0 Å². The molecule has 0 aromatic carbocycles. The summed E-state index contributed by atoms with van der Waals surface area (Å²) in [5.41, 5.74) is 0. The van der Waals surface area contributed by atoms with Gasteiger partial charge in [-0.05, 0) is 0 Å². The second-order valence-corrected chi connectivity index (χ2v) is 9.22. The number of nitrogens with zero attached hydrogens (tertiary/aromatic N) is 1. The largest absolute Gasteiger partial charge is 0.147 e. The first-order valence-corrected chi connectivity index (χ1v) is 9.72. The van der Waals surface area contributed by atoms with E-state index in [1.165, 1.54) is 6.42 Å². The molecule has 1 rings (SSSR count). The Morgan fingerprint density at radius 3 is 1.55 bits per heavy atom. The van der Waals surface area contributed by atoms with Gasteiger partial charge in [0.15, 0.2) is 0 Å². The first-order chi connectivity index (χ1) is 9.29. The van der Waals surface area contributed by atoms with Crippen molar-refractivity contribution in [2.45, 2.75) is 19.3 Å². The summed E-state index contributed by atoms with van der Waals surface area (Å²) in [6.07, 6.45) is 3.38. The van der Waals surface area contributed by atoms with Crippen molar-refractivity contribution in [2.75, 3.05) is 60.6 Å². The third-order valence-electron chi connectivity index (χ3n) is 3.43. The summed E-state index contributed by atoms with van der Waals surface area (Å²) < 4.78 is 19.2. The third kappa shape index (κ3) is 6.68. The van der Waals surface area contributed by atoms with Gasteiger partial charge in [0.1, 0.15) is 0 Å². The van der Waals surface area contributed by atoms with E-state index in [0.29, 0.717) is 0 Å². The molecule has 0 aromatic heterocycles. The van der Waals surface area contributed by atoms with E-state index in [0.717, 1.165) is 52.1 Å². The SMILES string of the molecule is C[O][Ti]([O]C)([O]C)[N]1CCCNCCCNCCC1.Cl. The van der Waals surface area contributed by atoms with Crippen LogP contribution in [0.3, 0.4) is 0 Å². The van der Waals surface area contributed by atoms with Crippen LogP contribution in [-0.2, 0) is 28.0 Å². The fraction of sp³-hybridized carbons (Fsp3) is 1.00. The van der Waals surface area contributed by atoms with E-state index in [1.807, 2.05) is 0 Å². The topological polar surface area (TPSA) is 55.0 Å². The van der Waals surface area contributed by atoms with Crippen LogP contribution in [0.25, 0.3) is 0 Å². The van der Waals surface area contributed by atoms with Crippen molar-refractivity contribution in [1.29, 1.82) is 0 Å². The summed E-state index contributed by atoms with van der Waals surface area (Å²) in [6.45, 7) is 6.15. The van der Waals surface area contributed by atoms with Crippen LogP contribution in [0.1, 0.15) is 19.3 Å². The zero-order valence-corrected chi connectivity index (χ0v) is 15.3. The van der Waals surface area contributed by atoms with Crippen molar-refractivity contribution in [3.8, 4) is 0 Å². The number of rotatable bonds is 4.